The Morgan fingerprint density at radius 1 is 1.31 bits per heavy atom. The normalized spacial score (nSPS) is 15.7. The predicted molar refractivity (Wildman–Crippen MR) is 100 cm³/mol. The van der Waals surface area contributed by atoms with Crippen LogP contribution in [0.15, 0.2) is 38.9 Å². The average Bonchev–Trinajstić information content (AvgIpc) is 3.23. The zero-order chi connectivity index (χ0) is 18.1. The second-order valence-corrected chi connectivity index (χ2v) is 7.54. The van der Waals surface area contributed by atoms with Crippen LogP contribution in [0.25, 0.3) is 11.1 Å². The number of likely N-dealkylation sites (tertiary alicyclic amines) is 1. The number of rotatable bonds is 4. The molecule has 0 aliphatic carbocycles. The number of benzene rings is 1. The van der Waals surface area contributed by atoms with Crippen molar-refractivity contribution in [1.29, 1.82) is 0 Å². The lowest BCUT2D eigenvalue weighted by Gasteiger charge is -2.30. The van der Waals surface area contributed by atoms with Crippen LogP contribution in [0.2, 0.25) is 0 Å². The number of hydrogen-bond donors (Lipinski definition) is 0. The molecule has 1 saturated heterocycles. The minimum Gasteiger partial charge on any atom is -0.440 e. The van der Waals surface area contributed by atoms with Gasteiger partial charge in [-0.2, -0.15) is 0 Å². The lowest BCUT2D eigenvalue weighted by molar-refractivity contribution is -0.132. The summed E-state index contributed by atoms with van der Waals surface area (Å²) >= 11 is 1.18. The number of nitrogens with zero attached hydrogens (tertiary/aromatic N) is 3. The molecule has 7 heteroatoms. The molecule has 0 N–H and O–H groups in total. The summed E-state index contributed by atoms with van der Waals surface area (Å²) in [5, 5.41) is 1.83. The van der Waals surface area contributed by atoms with Gasteiger partial charge in [-0.15, -0.1) is 0 Å². The van der Waals surface area contributed by atoms with E-state index in [4.69, 9.17) is 4.42 Å². The van der Waals surface area contributed by atoms with Crippen molar-refractivity contribution >= 4 is 28.3 Å². The standard InChI is InChI=1S/C19H21N3O3S/c1-13-12-26-19(24)22(13)11-8-17(23)21-9-6-14(7-10-21)18-20-15-4-2-3-5-16(15)25-18/h2-5,12,14H,6-11H2,1H3. The van der Waals surface area contributed by atoms with Gasteiger partial charge in [-0.25, -0.2) is 4.98 Å². The third-order valence-corrected chi connectivity index (χ3v) is 5.91. The topological polar surface area (TPSA) is 68.3 Å². The molecule has 2 aromatic heterocycles. The van der Waals surface area contributed by atoms with E-state index >= 15 is 0 Å². The smallest absolute Gasteiger partial charge is 0.307 e. The second-order valence-electron chi connectivity index (χ2n) is 6.72. The number of amides is 1. The molecule has 0 radical (unpaired) electrons. The highest BCUT2D eigenvalue weighted by atomic mass is 32.1. The highest BCUT2D eigenvalue weighted by molar-refractivity contribution is 7.07. The van der Waals surface area contributed by atoms with Gasteiger partial charge in [0.15, 0.2) is 11.5 Å². The van der Waals surface area contributed by atoms with Crippen LogP contribution in [-0.4, -0.2) is 33.4 Å². The summed E-state index contributed by atoms with van der Waals surface area (Å²) in [6, 6.07) is 7.78. The van der Waals surface area contributed by atoms with Gasteiger partial charge >= 0.3 is 4.87 Å². The Labute approximate surface area is 155 Å². The number of aromatic nitrogens is 2. The van der Waals surface area contributed by atoms with E-state index in [2.05, 4.69) is 4.98 Å². The summed E-state index contributed by atoms with van der Waals surface area (Å²) in [6.07, 6.45) is 2.08. The maximum atomic E-state index is 12.5. The first-order valence-electron chi connectivity index (χ1n) is 8.90. The maximum absolute atomic E-state index is 12.5. The van der Waals surface area contributed by atoms with E-state index in [1.807, 2.05) is 41.5 Å². The molecule has 0 atom stereocenters. The van der Waals surface area contributed by atoms with Gasteiger partial charge in [0.2, 0.25) is 5.91 Å². The van der Waals surface area contributed by atoms with Crippen molar-refractivity contribution in [1.82, 2.24) is 14.5 Å². The minimum atomic E-state index is 0.00460. The Morgan fingerprint density at radius 3 is 2.77 bits per heavy atom. The first kappa shape index (κ1) is 17.0. The van der Waals surface area contributed by atoms with Crippen LogP contribution in [0.4, 0.5) is 0 Å². The molecular weight excluding hydrogens is 350 g/mol. The minimum absolute atomic E-state index is 0.00460. The fourth-order valence-electron chi connectivity index (χ4n) is 3.48. The number of aryl methyl sites for hydroxylation is 1. The summed E-state index contributed by atoms with van der Waals surface area (Å²) in [6.45, 7) is 3.77. The van der Waals surface area contributed by atoms with Gasteiger partial charge in [0, 0.05) is 43.0 Å². The fourth-order valence-corrected chi connectivity index (χ4v) is 4.24. The number of para-hydroxylation sites is 2. The molecule has 3 heterocycles. The van der Waals surface area contributed by atoms with Gasteiger partial charge in [0.1, 0.15) is 5.52 Å². The van der Waals surface area contributed by atoms with Crippen molar-refractivity contribution in [2.24, 2.45) is 0 Å². The van der Waals surface area contributed by atoms with Crippen LogP contribution in [-0.2, 0) is 11.3 Å². The van der Waals surface area contributed by atoms with Crippen LogP contribution in [0.1, 0.15) is 36.8 Å². The highest BCUT2D eigenvalue weighted by Gasteiger charge is 2.27. The van der Waals surface area contributed by atoms with E-state index in [-0.39, 0.29) is 16.7 Å². The zero-order valence-corrected chi connectivity index (χ0v) is 15.5. The monoisotopic (exact) mass is 371 g/mol. The summed E-state index contributed by atoms with van der Waals surface area (Å²) in [4.78, 5) is 30.7. The van der Waals surface area contributed by atoms with Gasteiger partial charge in [0.25, 0.3) is 0 Å². The Hall–Kier alpha value is -2.41. The van der Waals surface area contributed by atoms with Crippen molar-refractivity contribution in [2.45, 2.75) is 38.6 Å². The first-order valence-corrected chi connectivity index (χ1v) is 9.78. The molecule has 1 aromatic carbocycles. The van der Waals surface area contributed by atoms with Gasteiger partial charge < -0.3 is 13.9 Å². The summed E-state index contributed by atoms with van der Waals surface area (Å²) in [7, 11) is 0. The van der Waals surface area contributed by atoms with Gasteiger partial charge in [0.05, 0.1) is 0 Å². The van der Waals surface area contributed by atoms with E-state index < -0.39 is 0 Å². The number of hydrogen-bond acceptors (Lipinski definition) is 5. The molecule has 0 spiro atoms. The highest BCUT2D eigenvalue weighted by Crippen LogP contribution is 2.30. The number of piperidine rings is 1. The second kappa shape index (κ2) is 7.07. The van der Waals surface area contributed by atoms with E-state index in [0.29, 0.717) is 26.1 Å². The summed E-state index contributed by atoms with van der Waals surface area (Å²) in [5.74, 6) is 1.14. The molecule has 0 saturated carbocycles. The molecule has 136 valence electrons. The third-order valence-electron chi connectivity index (χ3n) is 5.03. The lowest BCUT2D eigenvalue weighted by Crippen LogP contribution is -2.38. The molecular formula is C19H21N3O3S. The van der Waals surface area contributed by atoms with Crippen molar-refractivity contribution in [3.63, 3.8) is 0 Å². The van der Waals surface area contributed by atoms with E-state index in [9.17, 15) is 9.59 Å². The number of carbonyl (C=O) groups is 1. The molecule has 0 bridgehead atoms. The Kier molecular flexibility index (Phi) is 4.63. The van der Waals surface area contributed by atoms with Gasteiger partial charge in [-0.05, 0) is 31.9 Å². The van der Waals surface area contributed by atoms with Crippen LogP contribution in [0.3, 0.4) is 0 Å². The number of carbonyl (C=O) groups excluding carboxylic acids is 1. The molecule has 1 aliphatic rings. The Balaban J connectivity index is 1.34. The maximum Gasteiger partial charge on any atom is 0.307 e. The molecule has 1 amide bonds. The van der Waals surface area contributed by atoms with Crippen molar-refractivity contribution in [3.05, 3.63) is 50.9 Å². The molecule has 26 heavy (non-hydrogen) atoms. The molecule has 1 aliphatic heterocycles. The van der Waals surface area contributed by atoms with Crippen LogP contribution < -0.4 is 4.87 Å². The van der Waals surface area contributed by atoms with E-state index in [1.54, 1.807) is 4.57 Å². The van der Waals surface area contributed by atoms with E-state index in [0.717, 1.165) is 35.5 Å². The van der Waals surface area contributed by atoms with Gasteiger partial charge in [-0.1, -0.05) is 23.5 Å². The molecule has 6 nitrogen and oxygen atoms in total. The van der Waals surface area contributed by atoms with Crippen molar-refractivity contribution < 1.29 is 9.21 Å². The lowest BCUT2D eigenvalue weighted by atomic mass is 9.96. The van der Waals surface area contributed by atoms with E-state index in [1.165, 1.54) is 11.3 Å². The molecule has 4 rings (SSSR count). The Morgan fingerprint density at radius 2 is 2.08 bits per heavy atom. The molecule has 0 unspecified atom stereocenters. The Bertz CT molecular complexity index is 946. The van der Waals surface area contributed by atoms with Crippen LogP contribution in [0, 0.1) is 6.92 Å². The van der Waals surface area contributed by atoms with Crippen molar-refractivity contribution in [2.75, 3.05) is 13.1 Å². The van der Waals surface area contributed by atoms with Gasteiger partial charge in [-0.3, -0.25) is 9.59 Å². The average molecular weight is 371 g/mol. The number of fused-ring (bicyclic) bond motifs is 1. The quantitative estimate of drug-likeness (QED) is 0.706. The first-order chi connectivity index (χ1) is 12.6. The van der Waals surface area contributed by atoms with Crippen LogP contribution in [0.5, 0.6) is 0 Å². The predicted octanol–water partition coefficient (Wildman–Crippen LogP) is 3.16. The van der Waals surface area contributed by atoms with Crippen LogP contribution >= 0.6 is 11.3 Å². The number of oxazole rings is 1. The fraction of sp³-hybridized carbons (Fsp3) is 0.421. The largest absolute Gasteiger partial charge is 0.440 e. The summed E-state index contributed by atoms with van der Waals surface area (Å²) in [5.41, 5.74) is 2.62. The zero-order valence-electron chi connectivity index (χ0n) is 14.7. The van der Waals surface area contributed by atoms with Crippen molar-refractivity contribution in [3.8, 4) is 0 Å². The number of thiazole rings is 1. The molecule has 3 aromatic rings. The summed E-state index contributed by atoms with van der Waals surface area (Å²) < 4.78 is 7.55. The SMILES string of the molecule is Cc1csc(=O)n1CCC(=O)N1CCC(c2nc3ccccc3o2)CC1. The molecule has 1 fully saturated rings. The third kappa shape index (κ3) is 3.31.